The molecule has 23 heavy (non-hydrogen) atoms. The van der Waals surface area contributed by atoms with Crippen molar-refractivity contribution >= 4 is 6.03 Å². The molecule has 1 saturated heterocycles. The summed E-state index contributed by atoms with van der Waals surface area (Å²) >= 11 is 0. The first-order valence-corrected chi connectivity index (χ1v) is 8.33. The molecule has 5 nitrogen and oxygen atoms in total. The topological polar surface area (TPSA) is 50.2 Å². The molecule has 0 saturated carbocycles. The van der Waals surface area contributed by atoms with Gasteiger partial charge in [0.15, 0.2) is 0 Å². The number of urea groups is 1. The summed E-state index contributed by atoms with van der Waals surface area (Å²) in [7, 11) is 0. The van der Waals surface area contributed by atoms with E-state index in [-0.39, 0.29) is 6.03 Å². The molecule has 0 bridgehead atoms. The van der Waals surface area contributed by atoms with Crippen LogP contribution >= 0.6 is 0 Å². The van der Waals surface area contributed by atoms with Gasteiger partial charge in [-0.25, -0.2) is 4.79 Å². The molecule has 1 aromatic carbocycles. The Morgan fingerprint density at radius 3 is 2.83 bits per heavy atom. The SMILES string of the molecule is CC1CCCCN1C(=O)NCc1ccccc1Cn1cccn1. The zero-order valence-electron chi connectivity index (χ0n) is 13.6. The van der Waals surface area contributed by atoms with Crippen LogP contribution in [0.5, 0.6) is 0 Å². The van der Waals surface area contributed by atoms with Gasteiger partial charge in [0.05, 0.1) is 6.54 Å². The van der Waals surface area contributed by atoms with Crippen molar-refractivity contribution in [2.45, 2.75) is 45.3 Å². The fourth-order valence-corrected chi connectivity index (χ4v) is 3.12. The van der Waals surface area contributed by atoms with Crippen molar-refractivity contribution in [2.24, 2.45) is 0 Å². The number of hydrogen-bond acceptors (Lipinski definition) is 2. The quantitative estimate of drug-likeness (QED) is 0.943. The highest BCUT2D eigenvalue weighted by molar-refractivity contribution is 5.74. The average Bonchev–Trinajstić information content (AvgIpc) is 3.07. The normalized spacial score (nSPS) is 18.0. The molecular weight excluding hydrogens is 288 g/mol. The number of nitrogens with zero attached hydrogens (tertiary/aromatic N) is 3. The van der Waals surface area contributed by atoms with Gasteiger partial charge < -0.3 is 10.2 Å². The number of nitrogens with one attached hydrogen (secondary N) is 1. The van der Waals surface area contributed by atoms with Gasteiger partial charge in [0, 0.05) is 31.5 Å². The Morgan fingerprint density at radius 1 is 1.26 bits per heavy atom. The molecule has 1 atom stereocenters. The van der Waals surface area contributed by atoms with Gasteiger partial charge in [0.25, 0.3) is 0 Å². The number of aromatic nitrogens is 2. The number of hydrogen-bond donors (Lipinski definition) is 1. The van der Waals surface area contributed by atoms with Crippen LogP contribution in [0.2, 0.25) is 0 Å². The first-order chi connectivity index (χ1) is 11.2. The van der Waals surface area contributed by atoms with Crippen LogP contribution in [0.25, 0.3) is 0 Å². The Morgan fingerprint density at radius 2 is 2.09 bits per heavy atom. The molecule has 0 aliphatic carbocycles. The molecular formula is C18H24N4O. The molecule has 1 aromatic heterocycles. The van der Waals surface area contributed by atoms with Crippen molar-refractivity contribution < 1.29 is 4.79 Å². The molecule has 0 radical (unpaired) electrons. The van der Waals surface area contributed by atoms with E-state index < -0.39 is 0 Å². The van der Waals surface area contributed by atoms with Crippen LogP contribution in [0.15, 0.2) is 42.7 Å². The fourth-order valence-electron chi connectivity index (χ4n) is 3.12. The van der Waals surface area contributed by atoms with Crippen LogP contribution in [0.1, 0.15) is 37.3 Å². The highest BCUT2D eigenvalue weighted by Gasteiger charge is 2.22. The predicted octanol–water partition coefficient (Wildman–Crippen LogP) is 3.02. The summed E-state index contributed by atoms with van der Waals surface area (Å²) in [6.07, 6.45) is 7.15. The van der Waals surface area contributed by atoms with Gasteiger partial charge in [-0.3, -0.25) is 4.68 Å². The van der Waals surface area contributed by atoms with E-state index in [2.05, 4.69) is 29.5 Å². The Labute approximate surface area is 137 Å². The van der Waals surface area contributed by atoms with Crippen molar-refractivity contribution in [3.05, 3.63) is 53.9 Å². The van der Waals surface area contributed by atoms with Crippen LogP contribution in [-0.2, 0) is 13.1 Å². The lowest BCUT2D eigenvalue weighted by Gasteiger charge is -2.33. The summed E-state index contributed by atoms with van der Waals surface area (Å²) in [5.41, 5.74) is 2.32. The molecule has 1 unspecified atom stereocenters. The van der Waals surface area contributed by atoms with E-state index in [4.69, 9.17) is 0 Å². The van der Waals surface area contributed by atoms with Gasteiger partial charge >= 0.3 is 6.03 Å². The average molecular weight is 312 g/mol. The minimum Gasteiger partial charge on any atom is -0.334 e. The second kappa shape index (κ2) is 7.31. The van der Waals surface area contributed by atoms with E-state index in [9.17, 15) is 4.79 Å². The zero-order valence-corrected chi connectivity index (χ0v) is 13.6. The smallest absolute Gasteiger partial charge is 0.317 e. The molecule has 3 rings (SSSR count). The highest BCUT2D eigenvalue weighted by atomic mass is 16.2. The molecule has 1 N–H and O–H groups in total. The van der Waals surface area contributed by atoms with Crippen LogP contribution in [-0.4, -0.2) is 33.3 Å². The lowest BCUT2D eigenvalue weighted by molar-refractivity contribution is 0.158. The minimum atomic E-state index is 0.0473. The third-order valence-corrected chi connectivity index (χ3v) is 4.50. The Hall–Kier alpha value is -2.30. The van der Waals surface area contributed by atoms with Crippen molar-refractivity contribution in [2.75, 3.05) is 6.54 Å². The van der Waals surface area contributed by atoms with E-state index in [0.717, 1.165) is 31.5 Å². The lowest BCUT2D eigenvalue weighted by atomic mass is 10.0. The first kappa shape index (κ1) is 15.6. The van der Waals surface area contributed by atoms with Crippen LogP contribution in [0.3, 0.4) is 0 Å². The van der Waals surface area contributed by atoms with Crippen LogP contribution in [0.4, 0.5) is 4.79 Å². The Kier molecular flexibility index (Phi) is 4.95. The fraction of sp³-hybridized carbons (Fsp3) is 0.444. The number of piperidine rings is 1. The largest absolute Gasteiger partial charge is 0.334 e. The van der Waals surface area contributed by atoms with Gasteiger partial charge in [0.1, 0.15) is 0 Å². The molecule has 2 heterocycles. The van der Waals surface area contributed by atoms with Gasteiger partial charge in [-0.1, -0.05) is 24.3 Å². The van der Waals surface area contributed by atoms with Crippen molar-refractivity contribution in [1.82, 2.24) is 20.0 Å². The van der Waals surface area contributed by atoms with Crippen molar-refractivity contribution in [3.63, 3.8) is 0 Å². The first-order valence-electron chi connectivity index (χ1n) is 8.33. The van der Waals surface area contributed by atoms with Gasteiger partial charge in [-0.15, -0.1) is 0 Å². The standard InChI is InChI=1S/C18H24N4O/c1-15-7-4-5-12-22(15)18(23)19-13-16-8-2-3-9-17(16)14-21-11-6-10-20-21/h2-3,6,8-11,15H,4-5,7,12-14H2,1H3,(H,19,23). The molecule has 1 aliphatic rings. The predicted molar refractivity (Wildman–Crippen MR) is 90.0 cm³/mol. The summed E-state index contributed by atoms with van der Waals surface area (Å²) in [6.45, 7) is 4.27. The maximum atomic E-state index is 12.4. The lowest BCUT2D eigenvalue weighted by Crippen LogP contribution is -2.47. The van der Waals surface area contributed by atoms with E-state index in [1.54, 1.807) is 6.20 Å². The van der Waals surface area contributed by atoms with Gasteiger partial charge in [-0.05, 0) is 43.4 Å². The van der Waals surface area contributed by atoms with E-state index >= 15 is 0 Å². The van der Waals surface area contributed by atoms with E-state index in [0.29, 0.717) is 12.6 Å². The number of carbonyl (C=O) groups is 1. The Balaban J connectivity index is 1.62. The minimum absolute atomic E-state index is 0.0473. The number of likely N-dealkylation sites (tertiary alicyclic amines) is 1. The second-order valence-corrected chi connectivity index (χ2v) is 6.17. The molecule has 5 heteroatoms. The number of carbonyl (C=O) groups excluding carboxylic acids is 1. The van der Waals surface area contributed by atoms with Crippen LogP contribution < -0.4 is 5.32 Å². The van der Waals surface area contributed by atoms with Gasteiger partial charge in [0.2, 0.25) is 0 Å². The van der Waals surface area contributed by atoms with E-state index in [1.165, 1.54) is 12.0 Å². The van der Waals surface area contributed by atoms with Crippen LogP contribution in [0, 0.1) is 0 Å². The second-order valence-electron chi connectivity index (χ2n) is 6.17. The summed E-state index contributed by atoms with van der Waals surface area (Å²) in [4.78, 5) is 14.4. The molecule has 2 aromatic rings. The van der Waals surface area contributed by atoms with Crippen molar-refractivity contribution in [1.29, 1.82) is 0 Å². The summed E-state index contributed by atoms with van der Waals surface area (Å²) in [5.74, 6) is 0. The maximum absolute atomic E-state index is 12.4. The Bertz CT molecular complexity index is 638. The third-order valence-electron chi connectivity index (χ3n) is 4.50. The molecule has 1 fully saturated rings. The third kappa shape index (κ3) is 3.92. The zero-order chi connectivity index (χ0) is 16.1. The number of rotatable bonds is 4. The number of amides is 2. The maximum Gasteiger partial charge on any atom is 0.317 e. The van der Waals surface area contributed by atoms with Gasteiger partial charge in [-0.2, -0.15) is 5.10 Å². The highest BCUT2D eigenvalue weighted by Crippen LogP contribution is 2.16. The summed E-state index contributed by atoms with van der Waals surface area (Å²) < 4.78 is 1.90. The number of benzene rings is 1. The summed E-state index contributed by atoms with van der Waals surface area (Å²) in [6, 6.07) is 10.5. The molecule has 122 valence electrons. The molecule has 0 spiro atoms. The molecule has 2 amide bonds. The monoisotopic (exact) mass is 312 g/mol. The van der Waals surface area contributed by atoms with Crippen molar-refractivity contribution in [3.8, 4) is 0 Å². The molecule has 1 aliphatic heterocycles. The van der Waals surface area contributed by atoms with E-state index in [1.807, 2.05) is 34.0 Å². The summed E-state index contributed by atoms with van der Waals surface area (Å²) in [5, 5.41) is 7.33.